The summed E-state index contributed by atoms with van der Waals surface area (Å²) < 4.78 is 2.06. The van der Waals surface area contributed by atoms with Gasteiger partial charge in [0, 0.05) is 25.3 Å². The van der Waals surface area contributed by atoms with Gasteiger partial charge in [0.25, 0.3) is 0 Å². The van der Waals surface area contributed by atoms with E-state index >= 15 is 0 Å². The van der Waals surface area contributed by atoms with Crippen molar-refractivity contribution in [2.24, 2.45) is 12.8 Å². The van der Waals surface area contributed by atoms with E-state index in [2.05, 4.69) is 37.9 Å². The van der Waals surface area contributed by atoms with Gasteiger partial charge in [0.1, 0.15) is 5.82 Å². The number of rotatable bonds is 3. The SMILES string of the molecule is Cc1nnc(CN2CCCc3cc(C(C)N)ccc32)n1C. The molecule has 0 saturated carbocycles. The predicted molar refractivity (Wildman–Crippen MR) is 84.2 cm³/mol. The fraction of sp³-hybridized carbons (Fsp3) is 0.500. The minimum Gasteiger partial charge on any atom is -0.364 e. The predicted octanol–water partition coefficient (Wildman–Crippen LogP) is 2.10. The van der Waals surface area contributed by atoms with E-state index in [9.17, 15) is 0 Å². The molecule has 2 N–H and O–H groups in total. The first-order valence-corrected chi connectivity index (χ1v) is 7.54. The molecule has 0 aliphatic carbocycles. The van der Waals surface area contributed by atoms with Crippen LogP contribution in [-0.4, -0.2) is 21.3 Å². The Kier molecular flexibility index (Phi) is 3.68. The number of aryl methyl sites for hydroxylation is 2. The van der Waals surface area contributed by atoms with Gasteiger partial charge in [0.15, 0.2) is 5.82 Å². The van der Waals surface area contributed by atoms with Crippen LogP contribution in [0.15, 0.2) is 18.2 Å². The molecule has 21 heavy (non-hydrogen) atoms. The first kappa shape index (κ1) is 14.1. The minimum atomic E-state index is 0.0899. The number of nitrogens with two attached hydrogens (primary N) is 1. The molecule has 1 atom stereocenters. The van der Waals surface area contributed by atoms with Gasteiger partial charge in [-0.25, -0.2) is 0 Å². The molecule has 1 aliphatic heterocycles. The maximum atomic E-state index is 5.99. The van der Waals surface area contributed by atoms with Crippen molar-refractivity contribution in [3.05, 3.63) is 41.0 Å². The van der Waals surface area contributed by atoms with Gasteiger partial charge in [-0.1, -0.05) is 12.1 Å². The van der Waals surface area contributed by atoms with Crippen LogP contribution in [0.1, 0.15) is 42.2 Å². The van der Waals surface area contributed by atoms with Gasteiger partial charge in [-0.15, -0.1) is 10.2 Å². The van der Waals surface area contributed by atoms with E-state index in [1.165, 1.54) is 23.2 Å². The molecule has 0 bridgehead atoms. The Balaban J connectivity index is 1.88. The molecule has 2 heterocycles. The van der Waals surface area contributed by atoms with Crippen LogP contribution in [0.25, 0.3) is 0 Å². The zero-order chi connectivity index (χ0) is 15.0. The molecule has 0 radical (unpaired) electrons. The molecular weight excluding hydrogens is 262 g/mol. The quantitative estimate of drug-likeness (QED) is 0.938. The Hall–Kier alpha value is -1.88. The first-order valence-electron chi connectivity index (χ1n) is 7.54. The largest absolute Gasteiger partial charge is 0.364 e. The van der Waals surface area contributed by atoms with E-state index in [1.54, 1.807) is 0 Å². The molecule has 0 saturated heterocycles. The molecule has 5 heteroatoms. The number of fused-ring (bicyclic) bond motifs is 1. The van der Waals surface area contributed by atoms with Crippen molar-refractivity contribution in [2.45, 2.75) is 39.3 Å². The molecule has 0 fully saturated rings. The van der Waals surface area contributed by atoms with Gasteiger partial charge in [-0.3, -0.25) is 0 Å². The second kappa shape index (κ2) is 5.48. The average molecular weight is 285 g/mol. The standard InChI is InChI=1S/C16H23N5/c1-11(17)13-6-7-15-14(9-13)5-4-8-21(15)10-16-19-18-12(2)20(16)3/h6-7,9,11H,4-5,8,10,17H2,1-3H3. The number of nitrogens with zero attached hydrogens (tertiary/aromatic N) is 4. The fourth-order valence-electron chi connectivity index (χ4n) is 2.90. The van der Waals surface area contributed by atoms with Crippen molar-refractivity contribution in [2.75, 3.05) is 11.4 Å². The molecular formula is C16H23N5. The van der Waals surface area contributed by atoms with Crippen LogP contribution in [0.3, 0.4) is 0 Å². The van der Waals surface area contributed by atoms with E-state index in [0.717, 1.165) is 31.2 Å². The molecule has 2 aromatic rings. The molecule has 112 valence electrons. The average Bonchev–Trinajstić information content (AvgIpc) is 2.79. The summed E-state index contributed by atoms with van der Waals surface area (Å²) in [5.74, 6) is 1.96. The van der Waals surface area contributed by atoms with Gasteiger partial charge in [-0.05, 0) is 43.9 Å². The Morgan fingerprint density at radius 3 is 2.81 bits per heavy atom. The van der Waals surface area contributed by atoms with Crippen LogP contribution in [0.5, 0.6) is 0 Å². The molecule has 0 amide bonds. The molecule has 1 aliphatic rings. The molecule has 5 nitrogen and oxygen atoms in total. The van der Waals surface area contributed by atoms with Gasteiger partial charge in [0.05, 0.1) is 6.54 Å². The summed E-state index contributed by atoms with van der Waals surface area (Å²) in [4.78, 5) is 2.40. The third-order valence-electron chi connectivity index (χ3n) is 4.36. The van der Waals surface area contributed by atoms with Gasteiger partial charge >= 0.3 is 0 Å². The van der Waals surface area contributed by atoms with Crippen LogP contribution >= 0.6 is 0 Å². The van der Waals surface area contributed by atoms with E-state index < -0.39 is 0 Å². The normalized spacial score (nSPS) is 15.9. The molecule has 1 aromatic carbocycles. The smallest absolute Gasteiger partial charge is 0.152 e. The van der Waals surface area contributed by atoms with E-state index in [0.29, 0.717) is 0 Å². The third kappa shape index (κ3) is 2.65. The summed E-state index contributed by atoms with van der Waals surface area (Å²) in [5.41, 5.74) is 9.92. The van der Waals surface area contributed by atoms with Crippen molar-refractivity contribution in [1.29, 1.82) is 0 Å². The third-order valence-corrected chi connectivity index (χ3v) is 4.36. The number of aromatic nitrogens is 3. The van der Waals surface area contributed by atoms with Crippen molar-refractivity contribution < 1.29 is 0 Å². The van der Waals surface area contributed by atoms with Crippen LogP contribution in [-0.2, 0) is 20.0 Å². The van der Waals surface area contributed by atoms with Crippen molar-refractivity contribution >= 4 is 5.69 Å². The summed E-state index contributed by atoms with van der Waals surface area (Å²) in [5, 5.41) is 8.42. The van der Waals surface area contributed by atoms with Crippen LogP contribution in [0.2, 0.25) is 0 Å². The molecule has 1 aromatic heterocycles. The van der Waals surface area contributed by atoms with Gasteiger partial charge < -0.3 is 15.2 Å². The lowest BCUT2D eigenvalue weighted by atomic mass is 9.97. The van der Waals surface area contributed by atoms with Crippen molar-refractivity contribution in [1.82, 2.24) is 14.8 Å². The number of benzene rings is 1. The minimum absolute atomic E-state index is 0.0899. The Morgan fingerprint density at radius 2 is 2.14 bits per heavy atom. The van der Waals surface area contributed by atoms with Gasteiger partial charge in [0.2, 0.25) is 0 Å². The fourth-order valence-corrected chi connectivity index (χ4v) is 2.90. The zero-order valence-corrected chi connectivity index (χ0v) is 13.0. The number of anilines is 1. The van der Waals surface area contributed by atoms with Crippen molar-refractivity contribution in [3.8, 4) is 0 Å². The maximum Gasteiger partial charge on any atom is 0.152 e. The van der Waals surface area contributed by atoms with Gasteiger partial charge in [-0.2, -0.15) is 0 Å². The highest BCUT2D eigenvalue weighted by atomic mass is 15.3. The second-order valence-corrected chi connectivity index (χ2v) is 5.92. The topological polar surface area (TPSA) is 60.0 Å². The summed E-state index contributed by atoms with van der Waals surface area (Å²) >= 11 is 0. The zero-order valence-electron chi connectivity index (χ0n) is 13.0. The molecule has 1 unspecified atom stereocenters. The monoisotopic (exact) mass is 285 g/mol. The molecule has 0 spiro atoms. The van der Waals surface area contributed by atoms with Crippen molar-refractivity contribution in [3.63, 3.8) is 0 Å². The first-order chi connectivity index (χ1) is 10.1. The van der Waals surface area contributed by atoms with Crippen LogP contribution in [0, 0.1) is 6.92 Å². The number of hydrogen-bond donors (Lipinski definition) is 1. The lowest BCUT2D eigenvalue weighted by Gasteiger charge is -2.31. The summed E-state index contributed by atoms with van der Waals surface area (Å²) in [6, 6.07) is 6.70. The Labute approximate surface area is 125 Å². The van der Waals surface area contributed by atoms with Crippen LogP contribution in [0.4, 0.5) is 5.69 Å². The lowest BCUT2D eigenvalue weighted by Crippen LogP contribution is -2.30. The summed E-state index contributed by atoms with van der Waals surface area (Å²) in [6.07, 6.45) is 2.30. The van der Waals surface area contributed by atoms with Crippen LogP contribution < -0.4 is 10.6 Å². The van der Waals surface area contributed by atoms with E-state index in [-0.39, 0.29) is 6.04 Å². The highest BCUT2D eigenvalue weighted by Crippen LogP contribution is 2.30. The molecule has 3 rings (SSSR count). The summed E-state index contributed by atoms with van der Waals surface area (Å²) in [7, 11) is 2.02. The summed E-state index contributed by atoms with van der Waals surface area (Å²) in [6.45, 7) is 5.89. The van der Waals surface area contributed by atoms with E-state index in [4.69, 9.17) is 5.73 Å². The second-order valence-electron chi connectivity index (χ2n) is 5.92. The maximum absolute atomic E-state index is 5.99. The van der Waals surface area contributed by atoms with E-state index in [1.807, 2.05) is 20.9 Å². The lowest BCUT2D eigenvalue weighted by molar-refractivity contribution is 0.652. The highest BCUT2D eigenvalue weighted by molar-refractivity contribution is 5.57. The number of hydrogen-bond acceptors (Lipinski definition) is 4. The Bertz CT molecular complexity index is 644. The Morgan fingerprint density at radius 1 is 1.33 bits per heavy atom. The highest BCUT2D eigenvalue weighted by Gasteiger charge is 2.19.